The Labute approximate surface area is 125 Å². The lowest BCUT2D eigenvalue weighted by atomic mass is 10.1. The highest BCUT2D eigenvalue weighted by Gasteiger charge is 2.12. The SMILES string of the molecule is Cc1cc(Br)cn2c(C)c(-c3ccc(Cl)cc3)nc12. The summed E-state index contributed by atoms with van der Waals surface area (Å²) >= 11 is 9.46. The maximum atomic E-state index is 5.93. The molecule has 0 spiro atoms. The molecule has 0 saturated carbocycles. The maximum absolute atomic E-state index is 5.93. The summed E-state index contributed by atoms with van der Waals surface area (Å²) in [5.74, 6) is 0. The number of halogens is 2. The van der Waals surface area contributed by atoms with E-state index in [1.165, 1.54) is 0 Å². The van der Waals surface area contributed by atoms with E-state index in [-0.39, 0.29) is 0 Å². The highest BCUT2D eigenvalue weighted by molar-refractivity contribution is 9.10. The Bertz CT molecular complexity index is 760. The van der Waals surface area contributed by atoms with E-state index >= 15 is 0 Å². The van der Waals surface area contributed by atoms with Crippen LogP contribution in [-0.2, 0) is 0 Å². The topological polar surface area (TPSA) is 17.3 Å². The molecule has 2 aromatic heterocycles. The van der Waals surface area contributed by atoms with Crippen molar-refractivity contribution in [3.63, 3.8) is 0 Å². The van der Waals surface area contributed by atoms with Gasteiger partial charge in [-0.25, -0.2) is 4.98 Å². The second-order valence-electron chi connectivity index (χ2n) is 4.59. The largest absolute Gasteiger partial charge is 0.302 e. The van der Waals surface area contributed by atoms with Crippen LogP contribution in [0.5, 0.6) is 0 Å². The molecular weight excluding hydrogens is 324 g/mol. The molecule has 19 heavy (non-hydrogen) atoms. The van der Waals surface area contributed by atoms with Crippen LogP contribution in [-0.4, -0.2) is 9.38 Å². The highest BCUT2D eigenvalue weighted by atomic mass is 79.9. The quantitative estimate of drug-likeness (QED) is 0.609. The number of aryl methyl sites for hydroxylation is 2. The third-order valence-electron chi connectivity index (χ3n) is 3.23. The number of hydrogen-bond donors (Lipinski definition) is 0. The van der Waals surface area contributed by atoms with Gasteiger partial charge >= 0.3 is 0 Å². The monoisotopic (exact) mass is 334 g/mol. The summed E-state index contributed by atoms with van der Waals surface area (Å²) in [6.07, 6.45) is 2.05. The molecule has 96 valence electrons. The lowest BCUT2D eigenvalue weighted by Crippen LogP contribution is -1.90. The summed E-state index contributed by atoms with van der Waals surface area (Å²) in [5, 5.41) is 0.740. The molecule has 2 heterocycles. The van der Waals surface area contributed by atoms with Crippen LogP contribution in [0.25, 0.3) is 16.9 Å². The maximum Gasteiger partial charge on any atom is 0.140 e. The summed E-state index contributed by atoms with van der Waals surface area (Å²) in [6.45, 7) is 4.15. The van der Waals surface area contributed by atoms with E-state index in [0.717, 1.165) is 37.7 Å². The van der Waals surface area contributed by atoms with E-state index in [1.54, 1.807) is 0 Å². The minimum absolute atomic E-state index is 0.740. The molecule has 0 aliphatic rings. The molecule has 2 nitrogen and oxygen atoms in total. The molecule has 0 atom stereocenters. The molecule has 0 aliphatic carbocycles. The number of rotatable bonds is 1. The Morgan fingerprint density at radius 1 is 1.16 bits per heavy atom. The highest BCUT2D eigenvalue weighted by Crippen LogP contribution is 2.27. The summed E-state index contributed by atoms with van der Waals surface area (Å²) in [6, 6.07) is 9.86. The third kappa shape index (κ3) is 2.17. The Morgan fingerprint density at radius 2 is 1.84 bits per heavy atom. The summed E-state index contributed by atoms with van der Waals surface area (Å²) in [5.41, 5.74) is 5.35. The van der Waals surface area contributed by atoms with Crippen molar-refractivity contribution >= 4 is 33.2 Å². The number of hydrogen-bond acceptors (Lipinski definition) is 1. The van der Waals surface area contributed by atoms with Crippen molar-refractivity contribution in [3.8, 4) is 11.3 Å². The fourth-order valence-corrected chi connectivity index (χ4v) is 2.94. The van der Waals surface area contributed by atoms with Crippen LogP contribution in [0.4, 0.5) is 0 Å². The lowest BCUT2D eigenvalue weighted by Gasteiger charge is -2.01. The van der Waals surface area contributed by atoms with Gasteiger partial charge in [0.1, 0.15) is 5.65 Å². The molecule has 1 aromatic carbocycles. The van der Waals surface area contributed by atoms with Crippen molar-refractivity contribution in [1.29, 1.82) is 0 Å². The molecule has 3 aromatic rings. The van der Waals surface area contributed by atoms with E-state index in [0.29, 0.717) is 0 Å². The number of fused-ring (bicyclic) bond motifs is 1. The Morgan fingerprint density at radius 3 is 2.53 bits per heavy atom. The second-order valence-corrected chi connectivity index (χ2v) is 5.94. The molecule has 0 unspecified atom stereocenters. The molecule has 0 amide bonds. The van der Waals surface area contributed by atoms with E-state index in [9.17, 15) is 0 Å². The van der Waals surface area contributed by atoms with Crippen LogP contribution >= 0.6 is 27.5 Å². The van der Waals surface area contributed by atoms with Crippen molar-refractivity contribution in [2.75, 3.05) is 0 Å². The standard InChI is InChI=1S/C15H12BrClN2/c1-9-7-12(16)8-19-10(2)14(18-15(9)19)11-3-5-13(17)6-4-11/h3-8H,1-2H3. The van der Waals surface area contributed by atoms with Crippen LogP contribution < -0.4 is 0 Å². The predicted molar refractivity (Wildman–Crippen MR) is 82.8 cm³/mol. The Hall–Kier alpha value is -1.32. The first-order chi connectivity index (χ1) is 9.06. The van der Waals surface area contributed by atoms with Gasteiger partial charge in [0.05, 0.1) is 5.69 Å². The number of nitrogens with zero attached hydrogens (tertiary/aromatic N) is 2. The van der Waals surface area contributed by atoms with Gasteiger partial charge in [0.2, 0.25) is 0 Å². The third-order valence-corrected chi connectivity index (χ3v) is 3.91. The van der Waals surface area contributed by atoms with Gasteiger partial charge in [-0.3, -0.25) is 0 Å². The minimum Gasteiger partial charge on any atom is -0.302 e. The number of imidazole rings is 1. The van der Waals surface area contributed by atoms with Crippen LogP contribution in [0, 0.1) is 13.8 Å². The summed E-state index contributed by atoms with van der Waals surface area (Å²) < 4.78 is 3.17. The zero-order valence-corrected chi connectivity index (χ0v) is 13.0. The molecule has 0 N–H and O–H groups in total. The van der Waals surface area contributed by atoms with Crippen LogP contribution in [0.2, 0.25) is 5.02 Å². The lowest BCUT2D eigenvalue weighted by molar-refractivity contribution is 1.09. The molecule has 0 radical (unpaired) electrons. The van der Waals surface area contributed by atoms with Gasteiger partial charge < -0.3 is 4.40 Å². The van der Waals surface area contributed by atoms with Gasteiger partial charge in [0.25, 0.3) is 0 Å². The minimum atomic E-state index is 0.740. The van der Waals surface area contributed by atoms with Crippen molar-refractivity contribution in [2.45, 2.75) is 13.8 Å². The van der Waals surface area contributed by atoms with Gasteiger partial charge in [-0.2, -0.15) is 0 Å². The first-order valence-corrected chi connectivity index (χ1v) is 7.14. The zero-order valence-electron chi connectivity index (χ0n) is 10.6. The normalized spacial score (nSPS) is 11.2. The number of aromatic nitrogens is 2. The van der Waals surface area contributed by atoms with Crippen molar-refractivity contribution < 1.29 is 0 Å². The van der Waals surface area contributed by atoms with Gasteiger partial charge in [-0.05, 0) is 53.5 Å². The molecule has 0 fully saturated rings. The summed E-state index contributed by atoms with van der Waals surface area (Å²) in [7, 11) is 0. The van der Waals surface area contributed by atoms with Crippen LogP contribution in [0.3, 0.4) is 0 Å². The Kier molecular flexibility index (Phi) is 3.11. The van der Waals surface area contributed by atoms with Gasteiger partial charge in [-0.15, -0.1) is 0 Å². The number of pyridine rings is 1. The van der Waals surface area contributed by atoms with Gasteiger partial charge in [0, 0.05) is 26.9 Å². The smallest absolute Gasteiger partial charge is 0.140 e. The molecule has 0 bridgehead atoms. The van der Waals surface area contributed by atoms with E-state index in [1.807, 2.05) is 30.5 Å². The van der Waals surface area contributed by atoms with Crippen LogP contribution in [0.1, 0.15) is 11.3 Å². The fraction of sp³-hybridized carbons (Fsp3) is 0.133. The van der Waals surface area contributed by atoms with Crippen molar-refractivity contribution in [2.24, 2.45) is 0 Å². The van der Waals surface area contributed by atoms with Gasteiger partial charge in [-0.1, -0.05) is 23.7 Å². The van der Waals surface area contributed by atoms with Crippen molar-refractivity contribution in [1.82, 2.24) is 9.38 Å². The average Bonchev–Trinajstić information content (AvgIpc) is 2.69. The first-order valence-electron chi connectivity index (χ1n) is 5.97. The first kappa shape index (κ1) is 12.7. The van der Waals surface area contributed by atoms with Gasteiger partial charge in [0.15, 0.2) is 0 Å². The van der Waals surface area contributed by atoms with E-state index in [4.69, 9.17) is 16.6 Å². The second kappa shape index (κ2) is 4.66. The zero-order chi connectivity index (χ0) is 13.6. The summed E-state index contributed by atoms with van der Waals surface area (Å²) in [4.78, 5) is 4.75. The Balaban J connectivity index is 2.28. The van der Waals surface area contributed by atoms with E-state index < -0.39 is 0 Å². The fourth-order valence-electron chi connectivity index (χ4n) is 2.26. The molecule has 0 saturated heterocycles. The molecule has 3 rings (SSSR count). The number of benzene rings is 1. The predicted octanol–water partition coefficient (Wildman–Crippen LogP) is 5.03. The van der Waals surface area contributed by atoms with Crippen LogP contribution in [0.15, 0.2) is 41.0 Å². The molecule has 0 aliphatic heterocycles. The average molecular weight is 336 g/mol. The van der Waals surface area contributed by atoms with Crippen molar-refractivity contribution in [3.05, 3.63) is 57.3 Å². The molecular formula is C15H12BrClN2. The molecule has 4 heteroatoms. The van der Waals surface area contributed by atoms with E-state index in [2.05, 4.69) is 40.2 Å².